The van der Waals surface area contributed by atoms with Gasteiger partial charge in [-0.1, -0.05) is 25.0 Å². The zero-order valence-electron chi connectivity index (χ0n) is 14.9. The number of ether oxygens (including phenoxy) is 1. The molecule has 132 valence electrons. The van der Waals surface area contributed by atoms with E-state index in [1.807, 2.05) is 6.07 Å². The van der Waals surface area contributed by atoms with E-state index in [9.17, 15) is 4.79 Å². The summed E-state index contributed by atoms with van der Waals surface area (Å²) in [6, 6.07) is 6.74. The molecule has 4 heteroatoms. The summed E-state index contributed by atoms with van der Waals surface area (Å²) in [5.74, 6) is 1.15. The molecule has 0 amide bonds. The van der Waals surface area contributed by atoms with Crippen LogP contribution in [0.15, 0.2) is 55.8 Å². The first-order valence-electron chi connectivity index (χ1n) is 8.58. The van der Waals surface area contributed by atoms with Crippen molar-refractivity contribution in [1.82, 2.24) is 0 Å². The molecular formula is C21H23O4-. The Kier molecular flexibility index (Phi) is 5.27. The first kappa shape index (κ1) is 17.3. The van der Waals surface area contributed by atoms with Crippen LogP contribution in [0.1, 0.15) is 33.6 Å². The maximum atomic E-state index is 11.5. The second-order valence-electron chi connectivity index (χ2n) is 6.59. The summed E-state index contributed by atoms with van der Waals surface area (Å²) in [5, 5.41) is 1.66. The Morgan fingerprint density at radius 1 is 1.24 bits per heavy atom. The van der Waals surface area contributed by atoms with E-state index in [0.29, 0.717) is 29.4 Å². The van der Waals surface area contributed by atoms with Gasteiger partial charge < -0.3 is 13.6 Å². The Balaban J connectivity index is 1.75. The summed E-state index contributed by atoms with van der Waals surface area (Å²) >= 11 is 0. The molecule has 0 bridgehead atoms. The van der Waals surface area contributed by atoms with Gasteiger partial charge in [0.2, 0.25) is 0 Å². The minimum Gasteiger partial charge on any atom is -0.524 e. The Morgan fingerprint density at radius 2 is 2.04 bits per heavy atom. The van der Waals surface area contributed by atoms with Gasteiger partial charge in [0.15, 0.2) is 0 Å². The summed E-state index contributed by atoms with van der Waals surface area (Å²) in [6.45, 7) is 6.92. The molecule has 4 nitrogen and oxygen atoms in total. The zero-order valence-corrected chi connectivity index (χ0v) is 14.9. The average molecular weight is 339 g/mol. The number of hydrogen-bond donors (Lipinski definition) is 0. The molecule has 0 aliphatic carbocycles. The predicted octanol–water partition coefficient (Wildman–Crippen LogP) is 5.50. The Bertz CT molecular complexity index is 941. The van der Waals surface area contributed by atoms with Crippen LogP contribution in [0.5, 0.6) is 5.75 Å². The highest BCUT2D eigenvalue weighted by Gasteiger charge is 2.12. The van der Waals surface area contributed by atoms with Gasteiger partial charge in [0.1, 0.15) is 16.9 Å². The lowest BCUT2D eigenvalue weighted by Gasteiger charge is -2.22. The van der Waals surface area contributed by atoms with Gasteiger partial charge >= 0.3 is 5.63 Å². The number of fused-ring (bicyclic) bond motifs is 2. The third kappa shape index (κ3) is 4.13. The van der Waals surface area contributed by atoms with Crippen molar-refractivity contribution < 1.29 is 13.6 Å². The molecule has 3 rings (SSSR count). The van der Waals surface area contributed by atoms with Crippen LogP contribution >= 0.6 is 0 Å². The standard InChI is InChI=1S/C21H23O4/c1-14(2)5-4-6-15(3)9-11-24-21-16-7-8-20(22)25-19(16)13-18-17(21)10-12-23-18/h5,7-10,12-13,15H,4,6,11H2,1-3H3/q-1. The van der Waals surface area contributed by atoms with Crippen molar-refractivity contribution in [2.75, 3.05) is 6.61 Å². The van der Waals surface area contributed by atoms with Gasteiger partial charge in [-0.25, -0.2) is 4.79 Å². The summed E-state index contributed by atoms with van der Waals surface area (Å²) in [6.07, 6.45) is 8.21. The molecule has 2 aromatic heterocycles. The summed E-state index contributed by atoms with van der Waals surface area (Å²) in [5.41, 5.74) is 2.09. The molecule has 2 heterocycles. The number of furan rings is 1. The largest absolute Gasteiger partial charge is 0.524 e. The Labute approximate surface area is 147 Å². The maximum absolute atomic E-state index is 11.5. The zero-order chi connectivity index (χ0) is 17.8. The van der Waals surface area contributed by atoms with Crippen LogP contribution in [0.2, 0.25) is 0 Å². The minimum atomic E-state index is -0.385. The van der Waals surface area contributed by atoms with Crippen LogP contribution in [-0.4, -0.2) is 6.61 Å². The van der Waals surface area contributed by atoms with Crippen molar-refractivity contribution in [3.63, 3.8) is 0 Å². The highest BCUT2D eigenvalue weighted by atomic mass is 16.5. The molecule has 0 radical (unpaired) electrons. The van der Waals surface area contributed by atoms with E-state index >= 15 is 0 Å². The molecule has 0 aliphatic heterocycles. The van der Waals surface area contributed by atoms with Gasteiger partial charge in [-0.3, -0.25) is 6.42 Å². The lowest BCUT2D eigenvalue weighted by atomic mass is 10.0. The molecule has 0 N–H and O–H groups in total. The number of hydrogen-bond acceptors (Lipinski definition) is 4. The van der Waals surface area contributed by atoms with Crippen molar-refractivity contribution in [1.29, 1.82) is 0 Å². The normalized spacial score (nSPS) is 12.4. The highest BCUT2D eigenvalue weighted by molar-refractivity contribution is 6.01. The van der Waals surface area contributed by atoms with Crippen LogP contribution in [0.3, 0.4) is 0 Å². The van der Waals surface area contributed by atoms with E-state index in [0.717, 1.165) is 23.6 Å². The fourth-order valence-corrected chi connectivity index (χ4v) is 2.81. The second kappa shape index (κ2) is 7.60. The molecule has 1 unspecified atom stereocenters. The third-order valence-electron chi connectivity index (χ3n) is 4.21. The van der Waals surface area contributed by atoms with Gasteiger partial charge in [-0.15, -0.1) is 0 Å². The van der Waals surface area contributed by atoms with E-state index in [4.69, 9.17) is 13.6 Å². The Morgan fingerprint density at radius 3 is 2.84 bits per heavy atom. The van der Waals surface area contributed by atoms with Gasteiger partial charge in [-0.2, -0.15) is 5.92 Å². The quantitative estimate of drug-likeness (QED) is 0.324. The summed E-state index contributed by atoms with van der Waals surface area (Å²) in [7, 11) is 0. The SMILES string of the molecule is CC(C)=CCCC(C)[CH-]COc1c2ccoc2cc2oc(=O)ccc12. The Hall–Kier alpha value is -2.49. The van der Waals surface area contributed by atoms with Gasteiger partial charge in [0.05, 0.1) is 17.0 Å². The van der Waals surface area contributed by atoms with Crippen LogP contribution in [0.4, 0.5) is 0 Å². The molecule has 0 fully saturated rings. The van der Waals surface area contributed by atoms with Gasteiger partial charge in [0, 0.05) is 12.1 Å². The molecule has 0 saturated carbocycles. The molecular weight excluding hydrogens is 316 g/mol. The average Bonchev–Trinajstić information content (AvgIpc) is 3.01. The van der Waals surface area contributed by atoms with Crippen LogP contribution in [-0.2, 0) is 0 Å². The van der Waals surface area contributed by atoms with Crippen molar-refractivity contribution in [3.8, 4) is 5.75 Å². The lowest BCUT2D eigenvalue weighted by molar-refractivity contribution is 0.337. The first-order chi connectivity index (χ1) is 12.0. The van der Waals surface area contributed by atoms with E-state index in [1.54, 1.807) is 18.4 Å². The molecule has 0 spiro atoms. The number of benzene rings is 1. The van der Waals surface area contributed by atoms with Crippen LogP contribution in [0, 0.1) is 12.3 Å². The molecule has 0 aliphatic rings. The van der Waals surface area contributed by atoms with Crippen molar-refractivity contribution in [3.05, 3.63) is 59.0 Å². The molecule has 25 heavy (non-hydrogen) atoms. The molecule has 1 atom stereocenters. The second-order valence-corrected chi connectivity index (χ2v) is 6.59. The monoisotopic (exact) mass is 339 g/mol. The fraction of sp³-hybridized carbons (Fsp3) is 0.333. The van der Waals surface area contributed by atoms with Gasteiger partial charge in [0.25, 0.3) is 0 Å². The highest BCUT2D eigenvalue weighted by Crippen LogP contribution is 2.35. The number of rotatable bonds is 7. The maximum Gasteiger partial charge on any atom is 0.336 e. The van der Waals surface area contributed by atoms with E-state index in [1.165, 1.54) is 11.6 Å². The first-order valence-corrected chi connectivity index (χ1v) is 8.58. The number of allylic oxidation sites excluding steroid dienone is 2. The lowest BCUT2D eigenvalue weighted by Crippen LogP contribution is -2.06. The molecule has 1 aromatic carbocycles. The molecule has 3 aromatic rings. The topological polar surface area (TPSA) is 52.6 Å². The van der Waals surface area contributed by atoms with Crippen LogP contribution < -0.4 is 10.4 Å². The van der Waals surface area contributed by atoms with Gasteiger partial charge in [-0.05, 0) is 39.0 Å². The van der Waals surface area contributed by atoms with Crippen LogP contribution in [0.25, 0.3) is 21.9 Å². The fourth-order valence-electron chi connectivity index (χ4n) is 2.81. The van der Waals surface area contributed by atoms with E-state index in [2.05, 4.69) is 33.3 Å². The molecule has 0 saturated heterocycles. The van der Waals surface area contributed by atoms with Crippen molar-refractivity contribution in [2.24, 2.45) is 5.92 Å². The minimum absolute atomic E-state index is 0.385. The van der Waals surface area contributed by atoms with Crippen molar-refractivity contribution >= 4 is 21.9 Å². The summed E-state index contributed by atoms with van der Waals surface area (Å²) in [4.78, 5) is 11.5. The van der Waals surface area contributed by atoms with Crippen molar-refractivity contribution in [2.45, 2.75) is 33.6 Å². The predicted molar refractivity (Wildman–Crippen MR) is 99.9 cm³/mol. The summed E-state index contributed by atoms with van der Waals surface area (Å²) < 4.78 is 16.8. The van der Waals surface area contributed by atoms with E-state index in [-0.39, 0.29) is 5.63 Å². The van der Waals surface area contributed by atoms with E-state index < -0.39 is 0 Å². The smallest absolute Gasteiger partial charge is 0.336 e. The third-order valence-corrected chi connectivity index (χ3v) is 4.21.